The molecule has 254 valence electrons. The molecule has 0 aliphatic heterocycles. The Kier molecular flexibility index (Phi) is 16.0. The molecular formula is C38H54O8. The van der Waals surface area contributed by atoms with E-state index in [1.165, 1.54) is 12.5 Å². The second-order valence-corrected chi connectivity index (χ2v) is 12.5. The summed E-state index contributed by atoms with van der Waals surface area (Å²) in [5, 5.41) is 21.5. The second-order valence-electron chi connectivity index (χ2n) is 12.5. The number of phenols is 2. The molecule has 0 saturated carbocycles. The van der Waals surface area contributed by atoms with E-state index in [1.807, 2.05) is 79.7 Å². The first kappa shape index (κ1) is 38.6. The van der Waals surface area contributed by atoms with Crippen molar-refractivity contribution in [3.63, 3.8) is 0 Å². The fourth-order valence-corrected chi connectivity index (χ4v) is 5.12. The van der Waals surface area contributed by atoms with E-state index in [0.29, 0.717) is 38.4 Å². The zero-order valence-electron chi connectivity index (χ0n) is 29.0. The molecule has 2 aromatic carbocycles. The first-order valence-electron chi connectivity index (χ1n) is 16.4. The summed E-state index contributed by atoms with van der Waals surface area (Å²) in [4.78, 5) is 24.7. The lowest BCUT2D eigenvalue weighted by molar-refractivity contribution is -0.139. The van der Waals surface area contributed by atoms with Gasteiger partial charge in [-0.2, -0.15) is 0 Å². The average Bonchev–Trinajstić information content (AvgIpc) is 3.01. The number of aromatic hydroxyl groups is 2. The standard InChI is InChI=1S/C38H54O8/c1-9-29-21-28(22-32(26(4)5)36(29)41)14-15-34(39)45-18-13-17-44-25-38(7,8)33-24-31(23-30(10-2)37(33)42)27(6)20-35(40)46-19-12-16-43-11-3/h12-13,18-19,21-24,26-27,41-42H,9-11,14-17,20,25H2,1-8H3/b18-13+,19-12+. The van der Waals surface area contributed by atoms with E-state index in [2.05, 4.69) is 0 Å². The molecule has 0 amide bonds. The third-order valence-corrected chi connectivity index (χ3v) is 7.95. The number of hydrogen-bond acceptors (Lipinski definition) is 8. The molecule has 0 heterocycles. The van der Waals surface area contributed by atoms with Crippen molar-refractivity contribution in [2.24, 2.45) is 0 Å². The minimum Gasteiger partial charge on any atom is -0.507 e. The van der Waals surface area contributed by atoms with E-state index in [1.54, 1.807) is 12.2 Å². The lowest BCUT2D eigenvalue weighted by Gasteiger charge is -2.28. The Morgan fingerprint density at radius 1 is 0.826 bits per heavy atom. The van der Waals surface area contributed by atoms with Gasteiger partial charge in [0.2, 0.25) is 0 Å². The van der Waals surface area contributed by atoms with Crippen LogP contribution in [0.3, 0.4) is 0 Å². The number of ether oxygens (including phenoxy) is 4. The number of benzene rings is 2. The normalized spacial score (nSPS) is 12.7. The van der Waals surface area contributed by atoms with Crippen LogP contribution in [0.5, 0.6) is 11.5 Å². The Bertz CT molecular complexity index is 1340. The van der Waals surface area contributed by atoms with E-state index in [-0.39, 0.29) is 49.0 Å². The van der Waals surface area contributed by atoms with Crippen LogP contribution in [0.1, 0.15) is 113 Å². The van der Waals surface area contributed by atoms with Crippen LogP contribution in [0.4, 0.5) is 0 Å². The van der Waals surface area contributed by atoms with Crippen molar-refractivity contribution < 1.29 is 38.7 Å². The number of hydrogen-bond donors (Lipinski definition) is 2. The van der Waals surface area contributed by atoms with E-state index in [0.717, 1.165) is 39.8 Å². The van der Waals surface area contributed by atoms with Crippen molar-refractivity contribution in [1.29, 1.82) is 0 Å². The molecule has 2 rings (SSSR count). The molecule has 0 fully saturated rings. The van der Waals surface area contributed by atoms with Gasteiger partial charge >= 0.3 is 11.9 Å². The van der Waals surface area contributed by atoms with E-state index in [9.17, 15) is 19.8 Å². The van der Waals surface area contributed by atoms with Crippen LogP contribution in [-0.2, 0) is 53.2 Å². The Morgan fingerprint density at radius 3 is 2.04 bits per heavy atom. The van der Waals surface area contributed by atoms with Crippen LogP contribution in [0, 0.1) is 0 Å². The first-order chi connectivity index (χ1) is 21.8. The molecule has 2 N–H and O–H groups in total. The van der Waals surface area contributed by atoms with Crippen molar-refractivity contribution in [1.82, 2.24) is 0 Å². The smallest absolute Gasteiger partial charge is 0.311 e. The molecule has 8 heteroatoms. The fraction of sp³-hybridized carbons (Fsp3) is 0.526. The molecule has 0 radical (unpaired) electrons. The molecule has 0 aliphatic rings. The van der Waals surface area contributed by atoms with Crippen LogP contribution in [-0.4, -0.2) is 48.6 Å². The molecule has 0 spiro atoms. The summed E-state index contributed by atoms with van der Waals surface area (Å²) in [6, 6.07) is 7.81. The van der Waals surface area contributed by atoms with Gasteiger partial charge in [0.1, 0.15) is 11.5 Å². The highest BCUT2D eigenvalue weighted by atomic mass is 16.5. The highest BCUT2D eigenvalue weighted by molar-refractivity contribution is 5.71. The van der Waals surface area contributed by atoms with Crippen LogP contribution in [0.2, 0.25) is 0 Å². The molecule has 0 aliphatic carbocycles. The minimum atomic E-state index is -0.535. The Morgan fingerprint density at radius 2 is 1.43 bits per heavy atom. The average molecular weight is 639 g/mol. The zero-order chi connectivity index (χ0) is 34.3. The fourth-order valence-electron chi connectivity index (χ4n) is 5.12. The van der Waals surface area contributed by atoms with Crippen molar-refractivity contribution in [3.8, 4) is 11.5 Å². The lowest BCUT2D eigenvalue weighted by atomic mass is 9.80. The minimum absolute atomic E-state index is 0.119. The van der Waals surface area contributed by atoms with Gasteiger partial charge in [0.15, 0.2) is 0 Å². The van der Waals surface area contributed by atoms with E-state index < -0.39 is 5.41 Å². The molecule has 1 atom stereocenters. The summed E-state index contributed by atoms with van der Waals surface area (Å²) in [6.45, 7) is 17.4. The molecule has 1 unspecified atom stereocenters. The Hall–Kier alpha value is -3.62. The maximum absolute atomic E-state index is 12.4. The van der Waals surface area contributed by atoms with Crippen LogP contribution < -0.4 is 0 Å². The van der Waals surface area contributed by atoms with Crippen LogP contribution >= 0.6 is 0 Å². The van der Waals surface area contributed by atoms with Crippen molar-refractivity contribution in [3.05, 3.63) is 82.3 Å². The van der Waals surface area contributed by atoms with E-state index in [4.69, 9.17) is 18.9 Å². The molecule has 46 heavy (non-hydrogen) atoms. The predicted molar refractivity (Wildman–Crippen MR) is 181 cm³/mol. The maximum Gasteiger partial charge on any atom is 0.311 e. The Balaban J connectivity index is 1.93. The van der Waals surface area contributed by atoms with Gasteiger partial charge in [-0.3, -0.25) is 9.59 Å². The van der Waals surface area contributed by atoms with Gasteiger partial charge in [0.05, 0.1) is 38.8 Å². The van der Waals surface area contributed by atoms with Gasteiger partial charge in [-0.25, -0.2) is 0 Å². The molecule has 0 aromatic heterocycles. The maximum atomic E-state index is 12.4. The SMILES string of the molecule is CCOC/C=C/OC(=O)CC(C)c1cc(CC)c(O)c(C(C)(C)COC/C=C/OC(=O)CCc2cc(CC)c(O)c(C(C)C)c2)c1. The molecular weight excluding hydrogens is 584 g/mol. The molecule has 8 nitrogen and oxygen atoms in total. The van der Waals surface area contributed by atoms with Crippen molar-refractivity contribution >= 4 is 11.9 Å². The third kappa shape index (κ3) is 12.0. The summed E-state index contributed by atoms with van der Waals surface area (Å²) in [5.41, 5.74) is 4.75. The van der Waals surface area contributed by atoms with Crippen LogP contribution in [0.25, 0.3) is 0 Å². The van der Waals surface area contributed by atoms with E-state index >= 15 is 0 Å². The second kappa shape index (κ2) is 19.1. The van der Waals surface area contributed by atoms with Gasteiger partial charge in [-0.15, -0.1) is 0 Å². The monoisotopic (exact) mass is 638 g/mol. The van der Waals surface area contributed by atoms with Gasteiger partial charge in [-0.05, 0) is 78.0 Å². The van der Waals surface area contributed by atoms with Crippen molar-refractivity contribution in [2.75, 3.05) is 26.4 Å². The number of carbonyl (C=O) groups excluding carboxylic acids is 2. The number of esters is 2. The number of carbonyl (C=O) groups is 2. The molecule has 0 bridgehead atoms. The van der Waals surface area contributed by atoms with Crippen LogP contribution in [0.15, 0.2) is 48.9 Å². The summed E-state index contributed by atoms with van der Waals surface area (Å²) >= 11 is 0. The largest absolute Gasteiger partial charge is 0.507 e. The highest BCUT2D eigenvalue weighted by Gasteiger charge is 2.27. The van der Waals surface area contributed by atoms with Gasteiger partial charge in [-0.1, -0.05) is 72.7 Å². The van der Waals surface area contributed by atoms with Gasteiger partial charge in [0.25, 0.3) is 0 Å². The number of phenolic OH excluding ortho intramolecular Hbond substituents is 2. The highest BCUT2D eigenvalue weighted by Crippen LogP contribution is 2.38. The molecule has 2 aromatic rings. The topological polar surface area (TPSA) is 112 Å². The summed E-state index contributed by atoms with van der Waals surface area (Å²) in [6.07, 6.45) is 8.32. The van der Waals surface area contributed by atoms with Gasteiger partial charge in [0, 0.05) is 24.0 Å². The number of rotatable bonds is 19. The van der Waals surface area contributed by atoms with Gasteiger partial charge < -0.3 is 29.2 Å². The lowest BCUT2D eigenvalue weighted by Crippen LogP contribution is -2.25. The summed E-state index contributed by atoms with van der Waals surface area (Å²) < 4.78 is 21.6. The van der Waals surface area contributed by atoms with Crippen molar-refractivity contribution in [2.45, 2.75) is 105 Å². The zero-order valence-corrected chi connectivity index (χ0v) is 29.0. The Labute approximate surface area is 275 Å². The summed E-state index contributed by atoms with van der Waals surface area (Å²) in [5.74, 6) is -0.0375. The third-order valence-electron chi connectivity index (χ3n) is 7.95. The predicted octanol–water partition coefficient (Wildman–Crippen LogP) is 7.92. The quantitative estimate of drug-likeness (QED) is 0.0907. The summed E-state index contributed by atoms with van der Waals surface area (Å²) in [7, 11) is 0. The molecule has 0 saturated heterocycles. The number of aryl methyl sites for hydroxylation is 3. The first-order valence-corrected chi connectivity index (χ1v) is 16.4.